The Labute approximate surface area is 113 Å². The summed E-state index contributed by atoms with van der Waals surface area (Å²) in [5.41, 5.74) is 2.58. The lowest BCUT2D eigenvalue weighted by Crippen LogP contribution is -3.00. The lowest BCUT2D eigenvalue weighted by Gasteiger charge is -2.30. The Bertz CT molecular complexity index is 463. The largest absolute Gasteiger partial charge is 1.00 e. The van der Waals surface area contributed by atoms with Crippen LogP contribution in [0, 0.1) is 0 Å². The molecule has 5 heteroatoms. The number of anilines is 1. The summed E-state index contributed by atoms with van der Waals surface area (Å²) in [4.78, 5) is 5.71. The van der Waals surface area contributed by atoms with Gasteiger partial charge in [-0.2, -0.15) is 0 Å². The molecule has 3 nitrogen and oxygen atoms in total. The zero-order valence-electron chi connectivity index (χ0n) is 9.42. The van der Waals surface area contributed by atoms with Crippen LogP contribution in [0.1, 0.15) is 0 Å². The second-order valence-electron chi connectivity index (χ2n) is 3.95. The molecule has 0 aliphatic carbocycles. The first-order valence-corrected chi connectivity index (χ1v) is 5.47. The van der Waals surface area contributed by atoms with Gasteiger partial charge in [-0.1, -0.05) is 6.07 Å². The summed E-state index contributed by atoms with van der Waals surface area (Å²) in [5, 5.41) is 4.71. The molecule has 94 valence electrons. The summed E-state index contributed by atoms with van der Waals surface area (Å²) in [6.45, 7) is 4.37. The van der Waals surface area contributed by atoms with Crippen molar-refractivity contribution in [2.45, 2.75) is 0 Å². The number of aromatic amines is 1. The maximum atomic E-state index is 3.38. The molecule has 2 N–H and O–H groups in total. The zero-order valence-corrected chi connectivity index (χ0v) is 10.9. The minimum Gasteiger partial charge on any atom is -1.00 e. The first-order chi connectivity index (χ1) is 7.45. The number of halogens is 2. The lowest BCUT2D eigenvalue weighted by molar-refractivity contribution is -0.00100. The highest BCUT2D eigenvalue weighted by Gasteiger charge is 2.12. The van der Waals surface area contributed by atoms with E-state index in [4.69, 9.17) is 0 Å². The van der Waals surface area contributed by atoms with Gasteiger partial charge in [0.25, 0.3) is 0 Å². The van der Waals surface area contributed by atoms with Gasteiger partial charge in [-0.3, -0.25) is 0 Å². The molecule has 1 saturated heterocycles. The van der Waals surface area contributed by atoms with Crippen molar-refractivity contribution in [1.82, 2.24) is 10.3 Å². The van der Waals surface area contributed by atoms with E-state index in [2.05, 4.69) is 39.5 Å². The fourth-order valence-corrected chi connectivity index (χ4v) is 2.25. The number of nitrogens with zero attached hydrogens (tertiary/aromatic N) is 1. The van der Waals surface area contributed by atoms with Gasteiger partial charge in [-0.05, 0) is 18.2 Å². The van der Waals surface area contributed by atoms with Gasteiger partial charge >= 0.3 is 0 Å². The fraction of sp³-hybridized carbons (Fsp3) is 0.333. The van der Waals surface area contributed by atoms with Crippen LogP contribution < -0.4 is 35.0 Å². The molecule has 0 radical (unpaired) electrons. The quantitative estimate of drug-likeness (QED) is 0.549. The molecule has 2 aromatic rings. The molecule has 1 aliphatic rings. The number of aromatic nitrogens is 1. The van der Waals surface area contributed by atoms with Crippen molar-refractivity contribution < 1.29 is 24.8 Å². The van der Waals surface area contributed by atoms with E-state index in [1.807, 2.05) is 6.20 Å². The Hall–Kier alpha value is -0.900. The fourth-order valence-electron chi connectivity index (χ4n) is 2.25. The van der Waals surface area contributed by atoms with Crippen LogP contribution in [-0.4, -0.2) is 31.2 Å². The molecule has 1 aromatic carbocycles. The number of rotatable bonds is 1. The second-order valence-corrected chi connectivity index (χ2v) is 3.95. The van der Waals surface area contributed by atoms with Gasteiger partial charge in [0.1, 0.15) is 0 Å². The molecule has 17 heavy (non-hydrogen) atoms. The highest BCUT2D eigenvalue weighted by molar-refractivity contribution is 5.92. The van der Waals surface area contributed by atoms with Crippen LogP contribution in [0.15, 0.2) is 30.5 Å². The Morgan fingerprint density at radius 1 is 1.00 bits per heavy atom. The molecule has 0 atom stereocenters. The van der Waals surface area contributed by atoms with Crippen molar-refractivity contribution in [3.8, 4) is 0 Å². The summed E-state index contributed by atoms with van der Waals surface area (Å²) >= 11 is 0. The third-order valence-corrected chi connectivity index (χ3v) is 3.03. The van der Waals surface area contributed by atoms with Crippen molar-refractivity contribution in [1.29, 1.82) is 0 Å². The standard InChI is InChI=1S/C12H15N3.2ClH/c1-2-11-10(4-5-14-11)12(3-1)15-8-6-13-7-9-15;;/h1-5,13-14H,6-9H2;2*1H/p-2. The van der Waals surface area contributed by atoms with Crippen molar-refractivity contribution in [3.05, 3.63) is 30.5 Å². The minimum absolute atomic E-state index is 0. The van der Waals surface area contributed by atoms with Gasteiger partial charge in [-0.25, -0.2) is 0 Å². The number of hydrogen-bond donors (Lipinski definition) is 2. The van der Waals surface area contributed by atoms with Crippen LogP contribution in [0.2, 0.25) is 0 Å². The van der Waals surface area contributed by atoms with E-state index >= 15 is 0 Å². The Morgan fingerprint density at radius 2 is 1.76 bits per heavy atom. The number of benzene rings is 1. The van der Waals surface area contributed by atoms with Gasteiger partial charge in [-0.15, -0.1) is 0 Å². The second kappa shape index (κ2) is 6.15. The third kappa shape index (κ3) is 2.68. The molecule has 1 aromatic heterocycles. The highest BCUT2D eigenvalue weighted by Crippen LogP contribution is 2.25. The molecule has 1 fully saturated rings. The lowest BCUT2D eigenvalue weighted by atomic mass is 10.2. The van der Waals surface area contributed by atoms with Gasteiger partial charge in [0.2, 0.25) is 0 Å². The number of H-pyrrole nitrogens is 1. The Kier molecular flexibility index (Phi) is 5.12. The molecule has 0 bridgehead atoms. The minimum atomic E-state index is 0. The number of hydrogen-bond acceptors (Lipinski definition) is 2. The first-order valence-electron chi connectivity index (χ1n) is 5.47. The predicted molar refractivity (Wildman–Crippen MR) is 63.4 cm³/mol. The van der Waals surface area contributed by atoms with Crippen molar-refractivity contribution in [3.63, 3.8) is 0 Å². The van der Waals surface area contributed by atoms with Gasteiger partial charge in [0.15, 0.2) is 0 Å². The topological polar surface area (TPSA) is 31.1 Å². The number of nitrogens with one attached hydrogen (secondary N) is 2. The van der Waals surface area contributed by atoms with E-state index in [-0.39, 0.29) is 24.8 Å². The van der Waals surface area contributed by atoms with Crippen molar-refractivity contribution in [2.24, 2.45) is 0 Å². The monoisotopic (exact) mass is 271 g/mol. The molecule has 2 heterocycles. The SMILES string of the molecule is [Cl-].[Cl-].c1cc(N2CCNCC2)c2cc[nH]c2c1. The summed E-state index contributed by atoms with van der Waals surface area (Å²) in [5.74, 6) is 0. The van der Waals surface area contributed by atoms with Crippen LogP contribution in [0.4, 0.5) is 5.69 Å². The van der Waals surface area contributed by atoms with Crippen LogP contribution in [0.3, 0.4) is 0 Å². The first kappa shape index (κ1) is 14.2. The van der Waals surface area contributed by atoms with Gasteiger partial charge < -0.3 is 40.0 Å². The molecular formula is C12H15Cl2N3-2. The summed E-state index contributed by atoms with van der Waals surface area (Å²) in [6.07, 6.45) is 2.01. The van der Waals surface area contributed by atoms with E-state index in [0.29, 0.717) is 0 Å². The maximum absolute atomic E-state index is 3.38. The van der Waals surface area contributed by atoms with Crippen molar-refractivity contribution in [2.75, 3.05) is 31.1 Å². The molecular weight excluding hydrogens is 257 g/mol. The molecule has 0 spiro atoms. The van der Waals surface area contributed by atoms with E-state index in [0.717, 1.165) is 26.2 Å². The van der Waals surface area contributed by atoms with Crippen molar-refractivity contribution >= 4 is 16.6 Å². The Morgan fingerprint density at radius 3 is 2.53 bits per heavy atom. The predicted octanol–water partition coefficient (Wildman–Crippen LogP) is -4.41. The third-order valence-electron chi connectivity index (χ3n) is 3.03. The van der Waals surface area contributed by atoms with E-state index in [1.54, 1.807) is 0 Å². The molecule has 0 amide bonds. The number of piperazine rings is 1. The van der Waals surface area contributed by atoms with Crippen LogP contribution in [-0.2, 0) is 0 Å². The molecule has 3 rings (SSSR count). The van der Waals surface area contributed by atoms with Crippen LogP contribution >= 0.6 is 0 Å². The van der Waals surface area contributed by atoms with E-state index in [9.17, 15) is 0 Å². The summed E-state index contributed by atoms with van der Waals surface area (Å²) in [6, 6.07) is 8.62. The van der Waals surface area contributed by atoms with Gasteiger partial charge in [0, 0.05) is 49.0 Å². The summed E-state index contributed by atoms with van der Waals surface area (Å²) in [7, 11) is 0. The van der Waals surface area contributed by atoms with E-state index in [1.165, 1.54) is 16.6 Å². The number of fused-ring (bicyclic) bond motifs is 1. The molecule has 0 unspecified atom stereocenters. The Balaban J connectivity index is 0.000000722. The zero-order chi connectivity index (χ0) is 10.1. The average molecular weight is 272 g/mol. The normalized spacial score (nSPS) is 15.2. The molecule has 0 saturated carbocycles. The highest BCUT2D eigenvalue weighted by atomic mass is 35.5. The maximum Gasteiger partial charge on any atom is 0.0474 e. The average Bonchev–Trinajstić information content (AvgIpc) is 2.78. The van der Waals surface area contributed by atoms with Crippen LogP contribution in [0.5, 0.6) is 0 Å². The smallest absolute Gasteiger partial charge is 0.0474 e. The summed E-state index contributed by atoms with van der Waals surface area (Å²) < 4.78 is 0. The molecule has 1 aliphatic heterocycles. The van der Waals surface area contributed by atoms with Crippen LogP contribution in [0.25, 0.3) is 10.9 Å². The van der Waals surface area contributed by atoms with Gasteiger partial charge in [0.05, 0.1) is 0 Å². The van der Waals surface area contributed by atoms with E-state index < -0.39 is 0 Å².